The van der Waals surface area contributed by atoms with Crippen molar-refractivity contribution in [3.63, 3.8) is 0 Å². The van der Waals surface area contributed by atoms with Crippen molar-refractivity contribution in [3.8, 4) is 23.0 Å². The van der Waals surface area contributed by atoms with Crippen LogP contribution in [0.25, 0.3) is 32.3 Å². The molecule has 0 heterocycles. The average molecular weight is 459 g/mol. The molecule has 0 unspecified atom stereocenters. The Bertz CT molecular complexity index is 1660. The van der Waals surface area contributed by atoms with Crippen LogP contribution in [0.3, 0.4) is 0 Å². The number of benzene rings is 6. The van der Waals surface area contributed by atoms with Crippen molar-refractivity contribution in [2.45, 2.75) is 5.92 Å². The summed E-state index contributed by atoms with van der Waals surface area (Å²) in [6, 6.07) is 31.1. The minimum Gasteiger partial charge on any atom is -0.508 e. The summed E-state index contributed by atoms with van der Waals surface area (Å²) in [6.07, 6.45) is 0. The van der Waals surface area contributed by atoms with Crippen molar-refractivity contribution in [2.24, 2.45) is 0 Å². The van der Waals surface area contributed by atoms with Crippen LogP contribution in [0.15, 0.2) is 103 Å². The summed E-state index contributed by atoms with van der Waals surface area (Å²) >= 11 is 0. The first-order valence-corrected chi connectivity index (χ1v) is 11.4. The van der Waals surface area contributed by atoms with Crippen LogP contribution in [0, 0.1) is 0 Å². The molecule has 4 nitrogen and oxygen atoms in total. The first-order chi connectivity index (χ1) is 17.0. The lowest BCUT2D eigenvalue weighted by Gasteiger charge is -2.25. The van der Waals surface area contributed by atoms with Crippen molar-refractivity contribution in [3.05, 3.63) is 120 Å². The molecule has 35 heavy (non-hydrogen) atoms. The van der Waals surface area contributed by atoms with Crippen LogP contribution in [0.1, 0.15) is 22.6 Å². The standard InChI is InChI=1S/C31H22O4/c32-23-9-11-25-20(16-23)7-13-27(34)30(25)29(22-6-5-18-3-1-2-4-19(18)15-22)31-26-12-10-24(33)17-21(26)8-14-28(31)35/h1-17,29,32-35H. The van der Waals surface area contributed by atoms with E-state index in [1.54, 1.807) is 60.7 Å². The van der Waals surface area contributed by atoms with Gasteiger partial charge in [-0.2, -0.15) is 0 Å². The highest BCUT2D eigenvalue weighted by Crippen LogP contribution is 2.47. The lowest BCUT2D eigenvalue weighted by Crippen LogP contribution is -2.06. The van der Waals surface area contributed by atoms with E-state index < -0.39 is 5.92 Å². The number of phenolic OH excluding ortho intramolecular Hbond substituents is 4. The van der Waals surface area contributed by atoms with Gasteiger partial charge in [0.25, 0.3) is 0 Å². The molecule has 0 spiro atoms. The van der Waals surface area contributed by atoms with Crippen LogP contribution in [0.2, 0.25) is 0 Å². The van der Waals surface area contributed by atoms with Gasteiger partial charge in [-0.25, -0.2) is 0 Å². The molecule has 0 amide bonds. The van der Waals surface area contributed by atoms with E-state index in [1.807, 2.05) is 36.4 Å². The molecule has 0 saturated carbocycles. The third kappa shape index (κ3) is 3.47. The quantitative estimate of drug-likeness (QED) is 0.212. The summed E-state index contributed by atoms with van der Waals surface area (Å²) in [5.74, 6) is -0.0612. The fourth-order valence-corrected chi connectivity index (χ4v) is 5.13. The summed E-state index contributed by atoms with van der Waals surface area (Å²) in [4.78, 5) is 0. The van der Waals surface area contributed by atoms with Crippen LogP contribution >= 0.6 is 0 Å². The maximum Gasteiger partial charge on any atom is 0.120 e. The smallest absolute Gasteiger partial charge is 0.120 e. The second kappa shape index (κ2) is 7.96. The second-order valence-corrected chi connectivity index (χ2v) is 8.85. The largest absolute Gasteiger partial charge is 0.508 e. The van der Waals surface area contributed by atoms with E-state index in [1.165, 1.54) is 0 Å². The van der Waals surface area contributed by atoms with Gasteiger partial charge < -0.3 is 20.4 Å². The second-order valence-electron chi connectivity index (χ2n) is 8.85. The summed E-state index contributed by atoms with van der Waals surface area (Å²) in [6.45, 7) is 0. The topological polar surface area (TPSA) is 80.9 Å². The first-order valence-electron chi connectivity index (χ1n) is 11.4. The average Bonchev–Trinajstić information content (AvgIpc) is 2.86. The van der Waals surface area contributed by atoms with Crippen molar-refractivity contribution < 1.29 is 20.4 Å². The molecule has 4 heteroatoms. The number of hydrogen-bond acceptors (Lipinski definition) is 4. The van der Waals surface area contributed by atoms with E-state index in [9.17, 15) is 20.4 Å². The Morgan fingerprint density at radius 2 is 0.943 bits per heavy atom. The number of fused-ring (bicyclic) bond motifs is 3. The lowest BCUT2D eigenvalue weighted by molar-refractivity contribution is 0.460. The van der Waals surface area contributed by atoms with Gasteiger partial charge in [-0.3, -0.25) is 0 Å². The Labute approximate surface area is 201 Å². The predicted octanol–water partition coefficient (Wildman–Crippen LogP) is 7.15. The Hall–Kier alpha value is -4.70. The fourth-order valence-electron chi connectivity index (χ4n) is 5.13. The number of rotatable bonds is 3. The number of phenols is 4. The molecule has 170 valence electrons. The van der Waals surface area contributed by atoms with E-state index in [2.05, 4.69) is 6.07 Å². The zero-order valence-electron chi connectivity index (χ0n) is 18.7. The van der Waals surface area contributed by atoms with Crippen LogP contribution in [-0.2, 0) is 0 Å². The summed E-state index contributed by atoms with van der Waals surface area (Å²) in [5, 5.41) is 47.8. The predicted molar refractivity (Wildman–Crippen MR) is 139 cm³/mol. The highest BCUT2D eigenvalue weighted by Gasteiger charge is 2.27. The van der Waals surface area contributed by atoms with Crippen molar-refractivity contribution in [1.82, 2.24) is 0 Å². The first kappa shape index (κ1) is 20.9. The Morgan fingerprint density at radius 3 is 1.51 bits per heavy atom. The van der Waals surface area contributed by atoms with Crippen molar-refractivity contribution in [1.29, 1.82) is 0 Å². The van der Waals surface area contributed by atoms with Gasteiger partial charge in [0.05, 0.1) is 0 Å². The van der Waals surface area contributed by atoms with Crippen LogP contribution in [0.5, 0.6) is 23.0 Å². The van der Waals surface area contributed by atoms with Gasteiger partial charge in [-0.1, -0.05) is 66.7 Å². The molecule has 0 saturated heterocycles. The molecule has 0 bridgehead atoms. The molecule has 0 aromatic heterocycles. The van der Waals surface area contributed by atoms with Crippen LogP contribution < -0.4 is 0 Å². The van der Waals surface area contributed by atoms with Crippen molar-refractivity contribution in [2.75, 3.05) is 0 Å². The van der Waals surface area contributed by atoms with E-state index in [0.717, 1.165) is 37.9 Å². The molecule has 6 aromatic carbocycles. The third-order valence-electron chi connectivity index (χ3n) is 6.73. The zero-order valence-corrected chi connectivity index (χ0v) is 18.7. The Balaban J connectivity index is 1.75. The van der Waals surface area contributed by atoms with E-state index in [-0.39, 0.29) is 23.0 Å². The maximum absolute atomic E-state index is 11.2. The van der Waals surface area contributed by atoms with Gasteiger partial charge in [0, 0.05) is 17.0 Å². The van der Waals surface area contributed by atoms with Gasteiger partial charge in [0.1, 0.15) is 23.0 Å². The zero-order chi connectivity index (χ0) is 24.1. The SMILES string of the molecule is Oc1ccc2c(C(c3ccc4ccccc4c3)c3c(O)ccc4cc(O)ccc34)c(O)ccc2c1. The van der Waals surface area contributed by atoms with Gasteiger partial charge in [0.15, 0.2) is 0 Å². The number of hydrogen-bond donors (Lipinski definition) is 4. The highest BCUT2D eigenvalue weighted by atomic mass is 16.3. The Kier molecular flexibility index (Phi) is 4.75. The Morgan fingerprint density at radius 1 is 0.429 bits per heavy atom. The van der Waals surface area contributed by atoms with Crippen molar-refractivity contribution >= 4 is 32.3 Å². The molecule has 0 radical (unpaired) electrons. The third-order valence-corrected chi connectivity index (χ3v) is 6.73. The monoisotopic (exact) mass is 458 g/mol. The minimum absolute atomic E-state index is 0.0940. The van der Waals surface area contributed by atoms with E-state index >= 15 is 0 Å². The molecule has 0 fully saturated rings. The summed E-state index contributed by atoms with van der Waals surface area (Å²) in [5.41, 5.74) is 2.16. The van der Waals surface area contributed by atoms with Gasteiger partial charge >= 0.3 is 0 Å². The highest BCUT2D eigenvalue weighted by molar-refractivity contribution is 5.95. The molecule has 4 N–H and O–H groups in total. The van der Waals surface area contributed by atoms with E-state index in [0.29, 0.717) is 11.1 Å². The molecule has 0 aliphatic carbocycles. The maximum atomic E-state index is 11.2. The number of aromatic hydroxyl groups is 4. The van der Waals surface area contributed by atoms with Gasteiger partial charge in [-0.05, 0) is 74.3 Å². The molecule has 6 rings (SSSR count). The van der Waals surface area contributed by atoms with E-state index in [4.69, 9.17) is 0 Å². The summed E-state index contributed by atoms with van der Waals surface area (Å²) < 4.78 is 0. The van der Waals surface area contributed by atoms with Gasteiger partial charge in [-0.15, -0.1) is 0 Å². The summed E-state index contributed by atoms with van der Waals surface area (Å²) in [7, 11) is 0. The normalized spacial score (nSPS) is 11.6. The lowest BCUT2D eigenvalue weighted by atomic mass is 9.79. The molecular formula is C31H22O4. The molecular weight excluding hydrogens is 436 g/mol. The van der Waals surface area contributed by atoms with Crippen LogP contribution in [0.4, 0.5) is 0 Å². The van der Waals surface area contributed by atoms with Gasteiger partial charge in [0.2, 0.25) is 0 Å². The molecule has 0 atom stereocenters. The molecule has 0 aliphatic heterocycles. The van der Waals surface area contributed by atoms with Crippen LogP contribution in [-0.4, -0.2) is 20.4 Å². The molecule has 0 aliphatic rings. The molecule has 6 aromatic rings. The minimum atomic E-state index is -0.527. The fraction of sp³-hybridized carbons (Fsp3) is 0.0323.